The third-order valence-corrected chi connectivity index (χ3v) is 2.93. The SMILES string of the molecule is CCNC1CCCCC(COC)C1. The molecule has 1 aliphatic rings. The van der Waals surface area contributed by atoms with Gasteiger partial charge < -0.3 is 10.1 Å². The van der Waals surface area contributed by atoms with Crippen molar-refractivity contribution in [2.45, 2.75) is 45.1 Å². The molecule has 0 aromatic carbocycles. The fraction of sp³-hybridized carbons (Fsp3) is 1.00. The molecule has 1 fully saturated rings. The van der Waals surface area contributed by atoms with E-state index >= 15 is 0 Å². The maximum Gasteiger partial charge on any atom is 0.0491 e. The number of methoxy groups -OCH3 is 1. The van der Waals surface area contributed by atoms with Crippen LogP contribution in [0.4, 0.5) is 0 Å². The Morgan fingerprint density at radius 3 is 2.77 bits per heavy atom. The van der Waals surface area contributed by atoms with E-state index in [2.05, 4.69) is 12.2 Å². The van der Waals surface area contributed by atoms with Crippen molar-refractivity contribution in [1.82, 2.24) is 5.32 Å². The zero-order valence-corrected chi connectivity index (χ0v) is 9.01. The summed E-state index contributed by atoms with van der Waals surface area (Å²) in [4.78, 5) is 0. The van der Waals surface area contributed by atoms with Gasteiger partial charge in [-0.3, -0.25) is 0 Å². The van der Waals surface area contributed by atoms with Crippen molar-refractivity contribution in [2.24, 2.45) is 5.92 Å². The average molecular weight is 185 g/mol. The highest BCUT2D eigenvalue weighted by Gasteiger charge is 2.18. The molecule has 0 saturated heterocycles. The maximum atomic E-state index is 5.24. The van der Waals surface area contributed by atoms with E-state index in [0.29, 0.717) is 0 Å². The Morgan fingerprint density at radius 2 is 2.08 bits per heavy atom. The Hall–Kier alpha value is -0.0800. The molecule has 13 heavy (non-hydrogen) atoms. The minimum atomic E-state index is 0.743. The first-order valence-corrected chi connectivity index (χ1v) is 5.59. The molecule has 78 valence electrons. The lowest BCUT2D eigenvalue weighted by Crippen LogP contribution is -2.30. The van der Waals surface area contributed by atoms with Crippen LogP contribution >= 0.6 is 0 Å². The molecule has 2 atom stereocenters. The first-order valence-electron chi connectivity index (χ1n) is 5.59. The van der Waals surface area contributed by atoms with Crippen LogP contribution in [0, 0.1) is 5.92 Å². The van der Waals surface area contributed by atoms with E-state index in [1.54, 1.807) is 0 Å². The van der Waals surface area contributed by atoms with E-state index in [-0.39, 0.29) is 0 Å². The summed E-state index contributed by atoms with van der Waals surface area (Å²) in [5.74, 6) is 0.788. The van der Waals surface area contributed by atoms with Crippen molar-refractivity contribution in [3.63, 3.8) is 0 Å². The molecule has 0 aromatic rings. The normalized spacial score (nSPS) is 30.0. The molecule has 0 bridgehead atoms. The van der Waals surface area contributed by atoms with E-state index in [9.17, 15) is 0 Å². The van der Waals surface area contributed by atoms with Crippen LogP contribution in [0.5, 0.6) is 0 Å². The smallest absolute Gasteiger partial charge is 0.0491 e. The fourth-order valence-electron chi connectivity index (χ4n) is 2.32. The Labute approximate surface area is 82.0 Å². The fourth-order valence-corrected chi connectivity index (χ4v) is 2.32. The van der Waals surface area contributed by atoms with Gasteiger partial charge in [0.25, 0.3) is 0 Å². The molecule has 2 heteroatoms. The van der Waals surface area contributed by atoms with Gasteiger partial charge in [-0.2, -0.15) is 0 Å². The monoisotopic (exact) mass is 185 g/mol. The molecule has 0 radical (unpaired) electrons. The lowest BCUT2D eigenvalue weighted by atomic mass is 9.99. The van der Waals surface area contributed by atoms with Crippen LogP contribution in [-0.2, 0) is 4.74 Å². The molecule has 1 N–H and O–H groups in total. The summed E-state index contributed by atoms with van der Waals surface area (Å²) in [5.41, 5.74) is 0. The van der Waals surface area contributed by atoms with Gasteiger partial charge in [0, 0.05) is 19.8 Å². The van der Waals surface area contributed by atoms with Gasteiger partial charge in [-0.25, -0.2) is 0 Å². The van der Waals surface area contributed by atoms with Crippen LogP contribution in [0.15, 0.2) is 0 Å². The van der Waals surface area contributed by atoms with Gasteiger partial charge >= 0.3 is 0 Å². The highest BCUT2D eigenvalue weighted by Crippen LogP contribution is 2.23. The van der Waals surface area contributed by atoms with Crippen molar-refractivity contribution in [2.75, 3.05) is 20.3 Å². The Kier molecular flexibility index (Phi) is 5.40. The molecule has 2 nitrogen and oxygen atoms in total. The summed E-state index contributed by atoms with van der Waals surface area (Å²) >= 11 is 0. The minimum absolute atomic E-state index is 0.743. The first-order chi connectivity index (χ1) is 6.36. The standard InChI is InChI=1S/C11H23NO/c1-3-12-11-7-5-4-6-10(8-11)9-13-2/h10-12H,3-9H2,1-2H3. The number of hydrogen-bond donors (Lipinski definition) is 1. The van der Waals surface area contributed by atoms with Gasteiger partial charge in [-0.1, -0.05) is 19.8 Å². The molecule has 1 rings (SSSR count). The van der Waals surface area contributed by atoms with Gasteiger partial charge in [0.1, 0.15) is 0 Å². The van der Waals surface area contributed by atoms with Crippen molar-refractivity contribution >= 4 is 0 Å². The third kappa shape index (κ3) is 4.10. The van der Waals surface area contributed by atoms with Gasteiger partial charge in [-0.15, -0.1) is 0 Å². The van der Waals surface area contributed by atoms with Crippen molar-refractivity contribution in [3.05, 3.63) is 0 Å². The summed E-state index contributed by atoms with van der Waals surface area (Å²) < 4.78 is 5.24. The van der Waals surface area contributed by atoms with Crippen molar-refractivity contribution in [3.8, 4) is 0 Å². The molecular weight excluding hydrogens is 162 g/mol. The minimum Gasteiger partial charge on any atom is -0.384 e. The Balaban J connectivity index is 2.30. The maximum absolute atomic E-state index is 5.24. The van der Waals surface area contributed by atoms with E-state index in [4.69, 9.17) is 4.74 Å². The number of nitrogens with one attached hydrogen (secondary N) is 1. The second-order valence-electron chi connectivity index (χ2n) is 4.10. The lowest BCUT2D eigenvalue weighted by Gasteiger charge is -2.19. The van der Waals surface area contributed by atoms with Crippen LogP contribution in [0.3, 0.4) is 0 Å². The van der Waals surface area contributed by atoms with Gasteiger partial charge in [0.2, 0.25) is 0 Å². The van der Waals surface area contributed by atoms with E-state index in [1.165, 1.54) is 32.1 Å². The summed E-state index contributed by atoms with van der Waals surface area (Å²) in [6, 6.07) is 0.743. The Bertz CT molecular complexity index is 113. The first kappa shape index (κ1) is 11.0. The zero-order chi connectivity index (χ0) is 9.52. The molecule has 0 heterocycles. The molecule has 0 amide bonds. The highest BCUT2D eigenvalue weighted by molar-refractivity contribution is 4.75. The van der Waals surface area contributed by atoms with Crippen molar-refractivity contribution in [1.29, 1.82) is 0 Å². The molecule has 0 aromatic heterocycles. The zero-order valence-electron chi connectivity index (χ0n) is 9.01. The molecule has 1 saturated carbocycles. The van der Waals surface area contributed by atoms with E-state index in [0.717, 1.165) is 25.1 Å². The molecular formula is C11H23NO. The van der Waals surface area contributed by atoms with Gasteiger partial charge in [-0.05, 0) is 31.7 Å². The second kappa shape index (κ2) is 6.39. The molecule has 1 aliphatic carbocycles. The largest absolute Gasteiger partial charge is 0.384 e. The lowest BCUT2D eigenvalue weighted by molar-refractivity contribution is 0.140. The predicted octanol–water partition coefficient (Wildman–Crippen LogP) is 2.19. The van der Waals surface area contributed by atoms with E-state index < -0.39 is 0 Å². The van der Waals surface area contributed by atoms with Crippen molar-refractivity contribution < 1.29 is 4.74 Å². The summed E-state index contributed by atoms with van der Waals surface area (Å²) in [6.07, 6.45) is 6.79. The summed E-state index contributed by atoms with van der Waals surface area (Å²) in [6.45, 7) is 4.24. The quantitative estimate of drug-likeness (QED) is 0.678. The summed E-state index contributed by atoms with van der Waals surface area (Å²) in [5, 5.41) is 3.56. The van der Waals surface area contributed by atoms with Crippen LogP contribution in [0.1, 0.15) is 39.0 Å². The van der Waals surface area contributed by atoms with Crippen LogP contribution < -0.4 is 5.32 Å². The van der Waals surface area contributed by atoms with Gasteiger partial charge in [0.15, 0.2) is 0 Å². The number of rotatable bonds is 4. The second-order valence-corrected chi connectivity index (χ2v) is 4.10. The van der Waals surface area contributed by atoms with Crippen LogP contribution in [0.2, 0.25) is 0 Å². The average Bonchev–Trinajstić information content (AvgIpc) is 2.32. The Morgan fingerprint density at radius 1 is 1.31 bits per heavy atom. The molecule has 2 unspecified atom stereocenters. The number of ether oxygens (including phenoxy) is 1. The summed E-state index contributed by atoms with van der Waals surface area (Å²) in [7, 11) is 1.81. The highest BCUT2D eigenvalue weighted by atomic mass is 16.5. The molecule has 0 aliphatic heterocycles. The molecule has 0 spiro atoms. The number of hydrogen-bond acceptors (Lipinski definition) is 2. The topological polar surface area (TPSA) is 21.3 Å². The third-order valence-electron chi connectivity index (χ3n) is 2.93. The van der Waals surface area contributed by atoms with Crippen LogP contribution in [0.25, 0.3) is 0 Å². The van der Waals surface area contributed by atoms with E-state index in [1.807, 2.05) is 7.11 Å². The predicted molar refractivity (Wildman–Crippen MR) is 55.9 cm³/mol. The van der Waals surface area contributed by atoms with Crippen LogP contribution in [-0.4, -0.2) is 26.3 Å². The van der Waals surface area contributed by atoms with Gasteiger partial charge in [0.05, 0.1) is 0 Å².